The van der Waals surface area contributed by atoms with Gasteiger partial charge in [-0.15, -0.1) is 0 Å². The van der Waals surface area contributed by atoms with E-state index in [1.54, 1.807) is 30.3 Å². The van der Waals surface area contributed by atoms with Gasteiger partial charge in [0.15, 0.2) is 0 Å². The molecular formula is C20H18BrN3O5S. The fraction of sp³-hybridized carbons (Fsp3) is 0.100. The van der Waals surface area contributed by atoms with E-state index in [0.717, 1.165) is 4.47 Å². The smallest absolute Gasteiger partial charge is 0.261 e. The molecule has 0 bridgehead atoms. The van der Waals surface area contributed by atoms with Crippen molar-refractivity contribution in [2.24, 2.45) is 0 Å². The minimum absolute atomic E-state index is 0.0871. The number of halogens is 1. The van der Waals surface area contributed by atoms with Gasteiger partial charge in [-0.25, -0.2) is 8.42 Å². The number of carbonyl (C=O) groups is 1. The Morgan fingerprint density at radius 1 is 0.933 bits per heavy atom. The number of carbonyl (C=O) groups excluding carboxylic acids is 1. The van der Waals surface area contributed by atoms with E-state index in [1.165, 1.54) is 44.8 Å². The normalized spacial score (nSPS) is 10.9. The highest BCUT2D eigenvalue weighted by atomic mass is 79.9. The van der Waals surface area contributed by atoms with Gasteiger partial charge in [0.1, 0.15) is 11.5 Å². The van der Waals surface area contributed by atoms with Gasteiger partial charge in [-0.2, -0.15) is 0 Å². The first-order chi connectivity index (χ1) is 14.3. The fourth-order valence-corrected chi connectivity index (χ4v) is 3.83. The van der Waals surface area contributed by atoms with Crippen molar-refractivity contribution < 1.29 is 22.7 Å². The molecule has 30 heavy (non-hydrogen) atoms. The average Bonchev–Trinajstić information content (AvgIpc) is 2.73. The molecule has 0 aliphatic heterocycles. The first-order valence-corrected chi connectivity index (χ1v) is 10.9. The van der Waals surface area contributed by atoms with Gasteiger partial charge in [-0.05, 0) is 30.3 Å². The highest BCUT2D eigenvalue weighted by molar-refractivity contribution is 9.10. The van der Waals surface area contributed by atoms with E-state index in [-0.39, 0.29) is 16.1 Å². The zero-order chi connectivity index (χ0) is 21.7. The van der Waals surface area contributed by atoms with Crippen LogP contribution in [0.4, 0.5) is 11.4 Å². The molecule has 10 heteroatoms. The number of methoxy groups -OCH3 is 2. The van der Waals surface area contributed by atoms with E-state index in [0.29, 0.717) is 17.2 Å². The largest absolute Gasteiger partial charge is 0.497 e. The predicted molar refractivity (Wildman–Crippen MR) is 117 cm³/mol. The van der Waals surface area contributed by atoms with Crippen LogP contribution in [0.15, 0.2) is 70.3 Å². The summed E-state index contributed by atoms with van der Waals surface area (Å²) in [6, 6.07) is 12.5. The Morgan fingerprint density at radius 2 is 1.57 bits per heavy atom. The molecule has 1 aromatic heterocycles. The molecule has 0 radical (unpaired) electrons. The van der Waals surface area contributed by atoms with E-state index in [1.807, 2.05) is 0 Å². The molecule has 3 aromatic rings. The maximum atomic E-state index is 12.6. The van der Waals surface area contributed by atoms with Gasteiger partial charge >= 0.3 is 0 Å². The Kier molecular flexibility index (Phi) is 6.58. The van der Waals surface area contributed by atoms with Gasteiger partial charge in [0, 0.05) is 34.6 Å². The number of benzene rings is 2. The number of anilines is 2. The van der Waals surface area contributed by atoms with Crippen molar-refractivity contribution in [2.45, 2.75) is 4.90 Å². The molecule has 1 heterocycles. The molecule has 0 fully saturated rings. The lowest BCUT2D eigenvalue weighted by molar-refractivity contribution is 0.102. The molecule has 1 amide bonds. The molecule has 0 aliphatic carbocycles. The van der Waals surface area contributed by atoms with E-state index in [9.17, 15) is 13.2 Å². The summed E-state index contributed by atoms with van der Waals surface area (Å²) in [4.78, 5) is 16.7. The van der Waals surface area contributed by atoms with Gasteiger partial charge in [0.05, 0.1) is 36.6 Å². The maximum absolute atomic E-state index is 12.6. The number of rotatable bonds is 7. The second kappa shape index (κ2) is 9.14. The van der Waals surface area contributed by atoms with Crippen molar-refractivity contribution >= 4 is 43.2 Å². The summed E-state index contributed by atoms with van der Waals surface area (Å²) in [7, 11) is -0.815. The predicted octanol–water partition coefficient (Wildman–Crippen LogP) is 3.91. The number of amides is 1. The van der Waals surface area contributed by atoms with E-state index in [2.05, 4.69) is 31.0 Å². The van der Waals surface area contributed by atoms with Gasteiger partial charge in [-0.3, -0.25) is 14.5 Å². The molecule has 2 N–H and O–H groups in total. The lowest BCUT2D eigenvalue weighted by atomic mass is 10.2. The lowest BCUT2D eigenvalue weighted by Gasteiger charge is -2.11. The lowest BCUT2D eigenvalue weighted by Crippen LogP contribution is -2.15. The number of sulfonamides is 1. The summed E-state index contributed by atoms with van der Waals surface area (Å²) in [5.74, 6) is 0.556. The molecule has 0 unspecified atom stereocenters. The number of aromatic nitrogens is 1. The van der Waals surface area contributed by atoms with Crippen LogP contribution >= 0.6 is 15.9 Å². The molecule has 3 rings (SSSR count). The average molecular weight is 492 g/mol. The summed E-state index contributed by atoms with van der Waals surface area (Å²) < 4.78 is 38.6. The molecule has 0 atom stereocenters. The minimum Gasteiger partial charge on any atom is -0.497 e. The molecule has 0 saturated heterocycles. The van der Waals surface area contributed by atoms with Crippen molar-refractivity contribution in [3.63, 3.8) is 0 Å². The molecule has 8 nitrogen and oxygen atoms in total. The first kappa shape index (κ1) is 21.6. The zero-order valence-corrected chi connectivity index (χ0v) is 18.5. The van der Waals surface area contributed by atoms with Gasteiger partial charge in [0.2, 0.25) is 0 Å². The molecular weight excluding hydrogens is 474 g/mol. The Labute approximate surface area is 182 Å². The maximum Gasteiger partial charge on any atom is 0.261 e. The topological polar surface area (TPSA) is 107 Å². The fourth-order valence-electron chi connectivity index (χ4n) is 2.53. The van der Waals surface area contributed by atoms with Crippen LogP contribution in [0.5, 0.6) is 11.5 Å². The minimum atomic E-state index is -3.83. The van der Waals surface area contributed by atoms with Crippen LogP contribution in [0.1, 0.15) is 10.4 Å². The summed E-state index contributed by atoms with van der Waals surface area (Å²) in [5, 5.41) is 2.71. The summed E-state index contributed by atoms with van der Waals surface area (Å²) >= 11 is 3.26. The summed E-state index contributed by atoms with van der Waals surface area (Å²) in [5.41, 5.74) is 0.790. The Balaban J connectivity index is 1.79. The molecule has 0 saturated carbocycles. The van der Waals surface area contributed by atoms with Crippen LogP contribution in [0, 0.1) is 0 Å². The van der Waals surface area contributed by atoms with Crippen molar-refractivity contribution in [2.75, 3.05) is 24.3 Å². The number of nitrogens with one attached hydrogen (secondary N) is 2. The Hall–Kier alpha value is -3.11. The highest BCUT2D eigenvalue weighted by Gasteiger charge is 2.16. The van der Waals surface area contributed by atoms with E-state index >= 15 is 0 Å². The van der Waals surface area contributed by atoms with Crippen LogP contribution in [-0.2, 0) is 10.0 Å². The van der Waals surface area contributed by atoms with Crippen molar-refractivity contribution in [1.29, 1.82) is 0 Å². The zero-order valence-electron chi connectivity index (χ0n) is 16.0. The number of pyridine rings is 1. The Bertz CT molecular complexity index is 1150. The van der Waals surface area contributed by atoms with Gasteiger partial charge in [-0.1, -0.05) is 15.9 Å². The van der Waals surface area contributed by atoms with Gasteiger partial charge < -0.3 is 14.8 Å². The van der Waals surface area contributed by atoms with Crippen LogP contribution in [0.3, 0.4) is 0 Å². The van der Waals surface area contributed by atoms with E-state index < -0.39 is 15.9 Å². The summed E-state index contributed by atoms with van der Waals surface area (Å²) in [6.45, 7) is 0. The quantitative estimate of drug-likeness (QED) is 0.518. The standard InChI is InChI=1S/C20H18BrN3O5S/c1-28-17-8-15(9-18(10-17)29-2)23-20(25)13-7-16(12-22-11-13)24-30(26,27)19-5-3-14(21)4-6-19/h3-12,24H,1-2H3,(H,23,25). The second-order valence-corrected chi connectivity index (χ2v) is 8.68. The van der Waals surface area contributed by atoms with Crippen LogP contribution < -0.4 is 19.5 Å². The third kappa shape index (κ3) is 5.28. The monoisotopic (exact) mass is 491 g/mol. The number of hydrogen-bond donors (Lipinski definition) is 2. The molecule has 0 spiro atoms. The van der Waals surface area contributed by atoms with E-state index in [4.69, 9.17) is 9.47 Å². The van der Waals surface area contributed by atoms with Crippen molar-refractivity contribution in [3.05, 3.63) is 71.0 Å². The van der Waals surface area contributed by atoms with Gasteiger partial charge in [0.25, 0.3) is 15.9 Å². The van der Waals surface area contributed by atoms with Crippen LogP contribution in [-0.4, -0.2) is 33.5 Å². The Morgan fingerprint density at radius 3 is 2.17 bits per heavy atom. The second-order valence-electron chi connectivity index (χ2n) is 6.08. The first-order valence-electron chi connectivity index (χ1n) is 8.58. The van der Waals surface area contributed by atoms with Crippen molar-refractivity contribution in [1.82, 2.24) is 4.98 Å². The molecule has 0 aliphatic rings. The highest BCUT2D eigenvalue weighted by Crippen LogP contribution is 2.26. The van der Waals surface area contributed by atoms with Crippen LogP contribution in [0.2, 0.25) is 0 Å². The number of hydrogen-bond acceptors (Lipinski definition) is 6. The third-order valence-corrected chi connectivity index (χ3v) is 5.91. The third-order valence-electron chi connectivity index (χ3n) is 3.99. The summed E-state index contributed by atoms with van der Waals surface area (Å²) in [6.07, 6.45) is 2.66. The SMILES string of the molecule is COc1cc(NC(=O)c2cncc(NS(=O)(=O)c3ccc(Br)cc3)c2)cc(OC)c1. The molecule has 2 aromatic carbocycles. The molecule has 156 valence electrons. The van der Waals surface area contributed by atoms with Crippen LogP contribution in [0.25, 0.3) is 0 Å². The number of ether oxygens (including phenoxy) is 2. The van der Waals surface area contributed by atoms with Crippen molar-refractivity contribution in [3.8, 4) is 11.5 Å². The number of nitrogens with zero attached hydrogens (tertiary/aromatic N) is 1.